The van der Waals surface area contributed by atoms with Crippen molar-refractivity contribution in [3.8, 4) is 0 Å². The Morgan fingerprint density at radius 1 is 1.19 bits per heavy atom. The molecule has 0 aliphatic rings. The van der Waals surface area contributed by atoms with Gasteiger partial charge in [0.1, 0.15) is 0 Å². The Balaban J connectivity index is 2.12. The molecule has 0 amide bonds. The van der Waals surface area contributed by atoms with Crippen molar-refractivity contribution in [2.75, 3.05) is 0 Å². The van der Waals surface area contributed by atoms with E-state index in [0.717, 1.165) is 34.5 Å². The van der Waals surface area contributed by atoms with Gasteiger partial charge in [0, 0.05) is 5.38 Å². The first-order valence-electron chi connectivity index (χ1n) is 7.09. The highest BCUT2D eigenvalue weighted by atomic mass is 32.2. The van der Waals surface area contributed by atoms with Gasteiger partial charge >= 0.3 is 0 Å². The van der Waals surface area contributed by atoms with E-state index in [1.807, 2.05) is 37.4 Å². The smallest absolute Gasteiger partial charge is 0.160 e. The van der Waals surface area contributed by atoms with Crippen molar-refractivity contribution >= 4 is 21.2 Å². The fourth-order valence-corrected chi connectivity index (χ4v) is 4.70. The number of thiazole rings is 1. The van der Waals surface area contributed by atoms with Crippen LogP contribution >= 0.6 is 11.3 Å². The Morgan fingerprint density at radius 2 is 1.95 bits per heavy atom. The van der Waals surface area contributed by atoms with Crippen LogP contribution in [0.4, 0.5) is 0 Å². The molecule has 3 nitrogen and oxygen atoms in total. The van der Waals surface area contributed by atoms with Gasteiger partial charge in [0.15, 0.2) is 9.84 Å². The van der Waals surface area contributed by atoms with Crippen LogP contribution in [0.5, 0.6) is 0 Å². The molecule has 0 spiro atoms. The van der Waals surface area contributed by atoms with Gasteiger partial charge in [-0.2, -0.15) is 0 Å². The van der Waals surface area contributed by atoms with Crippen LogP contribution in [0.1, 0.15) is 40.7 Å². The summed E-state index contributed by atoms with van der Waals surface area (Å²) < 4.78 is 24.7. The second kappa shape index (κ2) is 6.71. The van der Waals surface area contributed by atoms with Crippen molar-refractivity contribution in [1.82, 2.24) is 4.98 Å². The van der Waals surface area contributed by atoms with E-state index in [0.29, 0.717) is 5.69 Å². The number of nitrogens with zero attached hydrogens (tertiary/aromatic N) is 1. The average Bonchev–Trinajstić information content (AvgIpc) is 2.80. The second-order valence-corrected chi connectivity index (χ2v) is 8.45. The van der Waals surface area contributed by atoms with Crippen LogP contribution in [0.15, 0.2) is 23.6 Å². The highest BCUT2D eigenvalue weighted by Crippen LogP contribution is 2.19. The molecular weight excluding hydrogens is 302 g/mol. The van der Waals surface area contributed by atoms with E-state index in [2.05, 4.69) is 11.9 Å². The van der Waals surface area contributed by atoms with E-state index in [1.54, 1.807) is 11.3 Å². The lowest BCUT2D eigenvalue weighted by atomic mass is 10.1. The number of benzene rings is 1. The maximum Gasteiger partial charge on any atom is 0.160 e. The number of hydrogen-bond donors (Lipinski definition) is 0. The van der Waals surface area contributed by atoms with Gasteiger partial charge in [-0.05, 0) is 37.8 Å². The maximum atomic E-state index is 12.4. The SMILES string of the molecule is CCCc1nc(CS(=O)(=O)Cc2cc(C)ccc2C)cs1. The standard InChI is InChI=1S/C16H21NO2S2/c1-4-5-16-17-15(9-20-16)11-21(18,19)10-14-8-12(2)6-7-13(14)3/h6-9H,4-5,10-11H2,1-3H3. The predicted octanol–water partition coefficient (Wildman–Crippen LogP) is 3.83. The van der Waals surface area contributed by atoms with Crippen molar-refractivity contribution in [3.63, 3.8) is 0 Å². The summed E-state index contributed by atoms with van der Waals surface area (Å²) in [6.07, 6.45) is 1.95. The van der Waals surface area contributed by atoms with Gasteiger partial charge in [-0.25, -0.2) is 13.4 Å². The van der Waals surface area contributed by atoms with Crippen LogP contribution < -0.4 is 0 Å². The average molecular weight is 323 g/mol. The maximum absolute atomic E-state index is 12.4. The van der Waals surface area contributed by atoms with E-state index in [-0.39, 0.29) is 11.5 Å². The van der Waals surface area contributed by atoms with Crippen molar-refractivity contribution in [3.05, 3.63) is 51.0 Å². The molecule has 5 heteroatoms. The summed E-state index contributed by atoms with van der Waals surface area (Å²) in [5.74, 6) is 0.113. The summed E-state index contributed by atoms with van der Waals surface area (Å²) in [5.41, 5.74) is 3.67. The molecule has 0 fully saturated rings. The van der Waals surface area contributed by atoms with Crippen LogP contribution in [-0.4, -0.2) is 13.4 Å². The lowest BCUT2D eigenvalue weighted by Crippen LogP contribution is -2.09. The molecular formula is C16H21NO2S2. The molecule has 2 rings (SSSR count). The Labute approximate surface area is 131 Å². The van der Waals surface area contributed by atoms with Crippen molar-refractivity contribution < 1.29 is 8.42 Å². The zero-order chi connectivity index (χ0) is 15.5. The van der Waals surface area contributed by atoms with E-state index < -0.39 is 9.84 Å². The van der Waals surface area contributed by atoms with Crippen LogP contribution in [0.25, 0.3) is 0 Å². The Bertz CT molecular complexity index is 718. The molecule has 0 radical (unpaired) electrons. The van der Waals surface area contributed by atoms with Crippen molar-refractivity contribution in [1.29, 1.82) is 0 Å². The quantitative estimate of drug-likeness (QED) is 0.811. The fourth-order valence-electron chi connectivity index (χ4n) is 2.21. The highest BCUT2D eigenvalue weighted by Gasteiger charge is 2.16. The first-order chi connectivity index (χ1) is 9.89. The number of rotatable bonds is 6. The molecule has 0 aliphatic heterocycles. The minimum absolute atomic E-state index is 0.0284. The topological polar surface area (TPSA) is 47.0 Å². The number of aromatic nitrogens is 1. The summed E-state index contributed by atoms with van der Waals surface area (Å²) >= 11 is 1.55. The van der Waals surface area contributed by atoms with Crippen molar-refractivity contribution in [2.24, 2.45) is 0 Å². The van der Waals surface area contributed by atoms with Crippen LogP contribution in [0.2, 0.25) is 0 Å². The monoisotopic (exact) mass is 323 g/mol. The van der Waals surface area contributed by atoms with Gasteiger partial charge < -0.3 is 0 Å². The minimum Gasteiger partial charge on any atom is -0.245 e. The fraction of sp³-hybridized carbons (Fsp3) is 0.438. The van der Waals surface area contributed by atoms with Gasteiger partial charge in [-0.3, -0.25) is 0 Å². The highest BCUT2D eigenvalue weighted by molar-refractivity contribution is 7.89. The molecule has 0 saturated heterocycles. The number of aryl methyl sites for hydroxylation is 3. The number of sulfone groups is 1. The first-order valence-corrected chi connectivity index (χ1v) is 9.79. The molecule has 0 saturated carbocycles. The third-order valence-corrected chi connectivity index (χ3v) is 5.75. The molecule has 1 heterocycles. The summed E-state index contributed by atoms with van der Waals surface area (Å²) in [5, 5.41) is 2.89. The minimum atomic E-state index is -3.18. The summed E-state index contributed by atoms with van der Waals surface area (Å²) in [4.78, 5) is 4.41. The lowest BCUT2D eigenvalue weighted by Gasteiger charge is -2.07. The molecule has 0 N–H and O–H groups in total. The normalized spacial score (nSPS) is 11.8. The van der Waals surface area contributed by atoms with E-state index in [9.17, 15) is 8.42 Å². The van der Waals surface area contributed by atoms with Gasteiger partial charge in [0.25, 0.3) is 0 Å². The van der Waals surface area contributed by atoms with Gasteiger partial charge in [-0.15, -0.1) is 11.3 Å². The number of hydrogen-bond acceptors (Lipinski definition) is 4. The third kappa shape index (κ3) is 4.64. The van der Waals surface area contributed by atoms with E-state index in [4.69, 9.17) is 0 Å². The largest absolute Gasteiger partial charge is 0.245 e. The molecule has 0 aliphatic carbocycles. The van der Waals surface area contributed by atoms with Crippen LogP contribution in [-0.2, 0) is 27.8 Å². The summed E-state index contributed by atoms with van der Waals surface area (Å²) in [7, 11) is -3.18. The molecule has 0 atom stereocenters. The van der Waals surface area contributed by atoms with Crippen LogP contribution in [0, 0.1) is 13.8 Å². The summed E-state index contributed by atoms with van der Waals surface area (Å²) in [6, 6.07) is 5.93. The van der Waals surface area contributed by atoms with E-state index >= 15 is 0 Å². The van der Waals surface area contributed by atoms with Gasteiger partial charge in [0.05, 0.1) is 22.2 Å². The molecule has 1 aromatic heterocycles. The lowest BCUT2D eigenvalue weighted by molar-refractivity contribution is 0.593. The molecule has 21 heavy (non-hydrogen) atoms. The predicted molar refractivity (Wildman–Crippen MR) is 88.4 cm³/mol. The van der Waals surface area contributed by atoms with Gasteiger partial charge in [-0.1, -0.05) is 30.7 Å². The zero-order valence-electron chi connectivity index (χ0n) is 12.7. The van der Waals surface area contributed by atoms with Gasteiger partial charge in [0.2, 0.25) is 0 Å². The molecule has 2 aromatic rings. The Kier molecular flexibility index (Phi) is 5.17. The van der Waals surface area contributed by atoms with Crippen molar-refractivity contribution in [2.45, 2.75) is 45.1 Å². The zero-order valence-corrected chi connectivity index (χ0v) is 14.4. The molecule has 1 aromatic carbocycles. The first kappa shape index (κ1) is 16.2. The molecule has 0 unspecified atom stereocenters. The molecule has 114 valence electrons. The van der Waals surface area contributed by atoms with E-state index in [1.165, 1.54) is 0 Å². The Morgan fingerprint density at radius 3 is 2.67 bits per heavy atom. The second-order valence-electron chi connectivity index (χ2n) is 5.44. The Hall–Kier alpha value is -1.20. The van der Waals surface area contributed by atoms with Crippen LogP contribution in [0.3, 0.4) is 0 Å². The third-order valence-electron chi connectivity index (χ3n) is 3.31. The summed E-state index contributed by atoms with van der Waals surface area (Å²) in [6.45, 7) is 6.03. The molecule has 0 bridgehead atoms.